The average molecular weight is 284 g/mol. The first-order chi connectivity index (χ1) is 9.96. The fourth-order valence-corrected chi connectivity index (χ4v) is 1.89. The molecule has 2 N–H and O–H groups in total. The van der Waals surface area contributed by atoms with E-state index >= 15 is 0 Å². The van der Waals surface area contributed by atoms with Gasteiger partial charge in [0.1, 0.15) is 5.60 Å². The molecule has 1 aromatic heterocycles. The first-order valence-electron chi connectivity index (χ1n) is 6.97. The van der Waals surface area contributed by atoms with E-state index in [2.05, 4.69) is 22.1 Å². The highest BCUT2D eigenvalue weighted by atomic mass is 16.6. The van der Waals surface area contributed by atoms with Crippen LogP contribution in [0.1, 0.15) is 32.8 Å². The molecule has 0 aliphatic carbocycles. The van der Waals surface area contributed by atoms with E-state index in [1.54, 1.807) is 0 Å². The maximum Gasteiger partial charge on any atom is 0.407 e. The summed E-state index contributed by atoms with van der Waals surface area (Å²) in [5.41, 5.74) is 1.54. The minimum absolute atomic E-state index is 0.407. The van der Waals surface area contributed by atoms with Gasteiger partial charge in [0.25, 0.3) is 0 Å². The van der Waals surface area contributed by atoms with Crippen molar-refractivity contribution in [2.24, 2.45) is 0 Å². The molecule has 0 fully saturated rings. The number of para-hydroxylation sites is 1. The molecule has 1 aromatic carbocycles. The lowest BCUT2D eigenvalue weighted by atomic mass is 10.1. The zero-order valence-electron chi connectivity index (χ0n) is 12.6. The largest absolute Gasteiger partial charge is 0.444 e. The van der Waals surface area contributed by atoms with E-state index in [4.69, 9.17) is 4.74 Å². The third-order valence-electron chi connectivity index (χ3n) is 2.73. The van der Waals surface area contributed by atoms with Crippen LogP contribution in [0.15, 0.2) is 30.5 Å². The van der Waals surface area contributed by atoms with Crippen molar-refractivity contribution in [3.8, 4) is 11.8 Å². The molecule has 0 saturated carbocycles. The molecule has 1 amide bonds. The summed E-state index contributed by atoms with van der Waals surface area (Å²) in [6.07, 6.45) is 2.08. The van der Waals surface area contributed by atoms with Crippen LogP contribution in [0.25, 0.3) is 10.9 Å². The highest BCUT2D eigenvalue weighted by Gasteiger charge is 2.15. The smallest absolute Gasteiger partial charge is 0.407 e. The lowest BCUT2D eigenvalue weighted by Gasteiger charge is -2.19. The van der Waals surface area contributed by atoms with Crippen molar-refractivity contribution in [1.29, 1.82) is 0 Å². The molecule has 0 radical (unpaired) electrons. The number of nitrogens with one attached hydrogen (secondary N) is 2. The number of benzene rings is 1. The fourth-order valence-electron chi connectivity index (χ4n) is 1.89. The Kier molecular flexibility index (Phi) is 4.54. The molecule has 0 spiro atoms. The molecule has 2 rings (SSSR count). The number of hydrogen-bond acceptors (Lipinski definition) is 2. The summed E-state index contributed by atoms with van der Waals surface area (Å²) in [5, 5.41) is 3.83. The number of aromatic amines is 1. The minimum Gasteiger partial charge on any atom is -0.444 e. The molecule has 4 heteroatoms. The standard InChI is InChI=1S/C17H20N2O2/c1-17(2,3)21-16(20)19-11-5-4-7-13-8-6-9-14-10-12-18-15(13)14/h6,8-10,12,18H,5,11H2,1-3H3,(H,19,20). The summed E-state index contributed by atoms with van der Waals surface area (Å²) < 4.78 is 5.15. The second-order valence-corrected chi connectivity index (χ2v) is 5.73. The average Bonchev–Trinajstić information content (AvgIpc) is 2.85. The summed E-state index contributed by atoms with van der Waals surface area (Å²) in [4.78, 5) is 14.6. The normalized spacial score (nSPS) is 10.8. The van der Waals surface area contributed by atoms with E-state index in [0.717, 1.165) is 16.5 Å². The van der Waals surface area contributed by atoms with Gasteiger partial charge in [0, 0.05) is 30.1 Å². The lowest BCUT2D eigenvalue weighted by molar-refractivity contribution is 0.0529. The van der Waals surface area contributed by atoms with Gasteiger partial charge in [-0.05, 0) is 32.9 Å². The fraction of sp³-hybridized carbons (Fsp3) is 0.353. The molecule has 110 valence electrons. The van der Waals surface area contributed by atoms with Crippen molar-refractivity contribution in [3.05, 3.63) is 36.0 Å². The topological polar surface area (TPSA) is 54.1 Å². The third-order valence-corrected chi connectivity index (χ3v) is 2.73. The van der Waals surface area contributed by atoms with Crippen LogP contribution in [0.3, 0.4) is 0 Å². The molecule has 21 heavy (non-hydrogen) atoms. The number of carbonyl (C=O) groups excluding carboxylic acids is 1. The number of hydrogen-bond donors (Lipinski definition) is 2. The van der Waals surface area contributed by atoms with Crippen LogP contribution in [0, 0.1) is 11.8 Å². The van der Waals surface area contributed by atoms with Crippen molar-refractivity contribution < 1.29 is 9.53 Å². The Hall–Kier alpha value is -2.41. The lowest BCUT2D eigenvalue weighted by Crippen LogP contribution is -2.32. The molecule has 0 atom stereocenters. The molecule has 1 heterocycles. The number of alkyl carbamates (subject to hydrolysis) is 1. The monoisotopic (exact) mass is 284 g/mol. The molecule has 0 aliphatic heterocycles. The molecular formula is C17H20N2O2. The van der Waals surface area contributed by atoms with Crippen molar-refractivity contribution in [1.82, 2.24) is 10.3 Å². The van der Waals surface area contributed by atoms with E-state index in [0.29, 0.717) is 13.0 Å². The van der Waals surface area contributed by atoms with Gasteiger partial charge in [-0.15, -0.1) is 0 Å². The Bertz CT molecular complexity index is 684. The second kappa shape index (κ2) is 6.36. The Morgan fingerprint density at radius 3 is 2.90 bits per heavy atom. The van der Waals surface area contributed by atoms with Crippen LogP contribution in [0.2, 0.25) is 0 Å². The number of aromatic nitrogens is 1. The van der Waals surface area contributed by atoms with Crippen LogP contribution in [-0.4, -0.2) is 23.2 Å². The van der Waals surface area contributed by atoms with Crippen LogP contribution < -0.4 is 5.32 Å². The summed E-state index contributed by atoms with van der Waals surface area (Å²) >= 11 is 0. The second-order valence-electron chi connectivity index (χ2n) is 5.73. The van der Waals surface area contributed by atoms with Crippen molar-refractivity contribution in [2.75, 3.05) is 6.54 Å². The number of amides is 1. The minimum atomic E-state index is -0.473. The van der Waals surface area contributed by atoms with Crippen molar-refractivity contribution >= 4 is 17.0 Å². The van der Waals surface area contributed by atoms with Crippen LogP contribution in [0.4, 0.5) is 4.79 Å². The van der Waals surface area contributed by atoms with Gasteiger partial charge < -0.3 is 15.0 Å². The first kappa shape index (κ1) is 15.0. The van der Waals surface area contributed by atoms with Crippen LogP contribution in [-0.2, 0) is 4.74 Å². The van der Waals surface area contributed by atoms with Gasteiger partial charge in [-0.3, -0.25) is 0 Å². The molecule has 4 nitrogen and oxygen atoms in total. The van der Waals surface area contributed by atoms with E-state index in [1.165, 1.54) is 0 Å². The number of rotatable bonds is 2. The van der Waals surface area contributed by atoms with Gasteiger partial charge >= 0.3 is 6.09 Å². The predicted octanol–water partition coefficient (Wildman–Crippen LogP) is 3.43. The van der Waals surface area contributed by atoms with Crippen LogP contribution >= 0.6 is 0 Å². The zero-order chi connectivity index (χ0) is 15.3. The molecule has 0 aliphatic rings. The Morgan fingerprint density at radius 2 is 2.14 bits per heavy atom. The Balaban J connectivity index is 1.85. The van der Waals surface area contributed by atoms with Gasteiger partial charge in [-0.25, -0.2) is 4.79 Å². The third kappa shape index (κ3) is 4.57. The number of ether oxygens (including phenoxy) is 1. The maximum atomic E-state index is 11.4. The van der Waals surface area contributed by atoms with E-state index in [9.17, 15) is 4.79 Å². The van der Waals surface area contributed by atoms with Crippen molar-refractivity contribution in [3.63, 3.8) is 0 Å². The summed E-state index contributed by atoms with van der Waals surface area (Å²) in [6.45, 7) is 5.98. The summed E-state index contributed by atoms with van der Waals surface area (Å²) in [7, 11) is 0. The molecule has 0 bridgehead atoms. The quantitative estimate of drug-likeness (QED) is 0.655. The van der Waals surface area contributed by atoms with Gasteiger partial charge in [0.15, 0.2) is 0 Å². The van der Waals surface area contributed by atoms with Gasteiger partial charge in [-0.1, -0.05) is 24.0 Å². The van der Waals surface area contributed by atoms with Crippen LogP contribution in [0.5, 0.6) is 0 Å². The molecular weight excluding hydrogens is 264 g/mol. The zero-order valence-corrected chi connectivity index (χ0v) is 12.6. The summed E-state index contributed by atoms with van der Waals surface area (Å²) in [6, 6.07) is 8.03. The number of carbonyl (C=O) groups is 1. The van der Waals surface area contributed by atoms with Gasteiger partial charge in [0.2, 0.25) is 0 Å². The molecule has 2 aromatic rings. The molecule has 0 saturated heterocycles. The Morgan fingerprint density at radius 1 is 1.33 bits per heavy atom. The summed E-state index contributed by atoms with van der Waals surface area (Å²) in [5.74, 6) is 6.18. The number of fused-ring (bicyclic) bond motifs is 1. The number of H-pyrrole nitrogens is 1. The van der Waals surface area contributed by atoms with E-state index in [-0.39, 0.29) is 0 Å². The molecule has 0 unspecified atom stereocenters. The predicted molar refractivity (Wildman–Crippen MR) is 84.0 cm³/mol. The van der Waals surface area contributed by atoms with Gasteiger partial charge in [0.05, 0.1) is 5.52 Å². The SMILES string of the molecule is CC(C)(C)OC(=O)NCCC#Cc1cccc2cc[nH]c12. The van der Waals surface area contributed by atoms with Crippen molar-refractivity contribution in [2.45, 2.75) is 32.8 Å². The van der Waals surface area contributed by atoms with E-state index in [1.807, 2.05) is 51.2 Å². The van der Waals surface area contributed by atoms with Gasteiger partial charge in [-0.2, -0.15) is 0 Å². The van der Waals surface area contributed by atoms with E-state index < -0.39 is 11.7 Å². The first-order valence-corrected chi connectivity index (χ1v) is 6.97. The Labute approximate surface area is 124 Å². The highest BCUT2D eigenvalue weighted by molar-refractivity contribution is 5.85. The highest BCUT2D eigenvalue weighted by Crippen LogP contribution is 2.15. The maximum absolute atomic E-state index is 11.4.